The maximum absolute atomic E-state index is 11.6. The third-order valence-corrected chi connectivity index (χ3v) is 1.63. The lowest BCUT2D eigenvalue weighted by Gasteiger charge is -2.24. The Morgan fingerprint density at radius 3 is 2.50 bits per heavy atom. The summed E-state index contributed by atoms with van der Waals surface area (Å²) in [5.41, 5.74) is 10.0. The van der Waals surface area contributed by atoms with Gasteiger partial charge in [0.2, 0.25) is 0 Å². The van der Waals surface area contributed by atoms with Gasteiger partial charge in [-0.3, -0.25) is 0 Å². The second kappa shape index (κ2) is 7.05. The smallest absolute Gasteiger partial charge is 0.430 e. The molecule has 0 saturated heterocycles. The van der Waals surface area contributed by atoms with Gasteiger partial charge in [-0.2, -0.15) is 10.1 Å². The van der Waals surface area contributed by atoms with Crippen LogP contribution in [0.15, 0.2) is 5.10 Å². The van der Waals surface area contributed by atoms with E-state index in [4.69, 9.17) is 16.2 Å². The number of carbonyl (C=O) groups is 1. The number of nitrogens with zero attached hydrogens (tertiary/aromatic N) is 2. The monoisotopic (exact) mass is 230 g/mol. The van der Waals surface area contributed by atoms with Crippen LogP contribution in [0.5, 0.6) is 0 Å². The van der Waals surface area contributed by atoms with Gasteiger partial charge in [0.05, 0.1) is 0 Å². The van der Waals surface area contributed by atoms with Gasteiger partial charge >= 0.3 is 6.09 Å². The zero-order valence-corrected chi connectivity index (χ0v) is 10.3. The first-order valence-electron chi connectivity index (χ1n) is 5.35. The number of rotatable bonds is 5. The molecule has 0 aromatic carbocycles. The van der Waals surface area contributed by atoms with Gasteiger partial charge in [-0.25, -0.2) is 4.79 Å². The fraction of sp³-hybridized carbons (Fsp3) is 0.800. The van der Waals surface area contributed by atoms with E-state index >= 15 is 0 Å². The first-order valence-corrected chi connectivity index (χ1v) is 5.35. The van der Waals surface area contributed by atoms with E-state index < -0.39 is 11.7 Å². The topological polar surface area (TPSA) is 93.9 Å². The Balaban J connectivity index is 4.24. The van der Waals surface area contributed by atoms with Crippen LogP contribution in [0.25, 0.3) is 0 Å². The van der Waals surface area contributed by atoms with E-state index in [1.807, 2.05) is 0 Å². The van der Waals surface area contributed by atoms with Crippen LogP contribution >= 0.6 is 0 Å². The molecule has 0 heterocycles. The van der Waals surface area contributed by atoms with Crippen LogP contribution in [0.1, 0.15) is 33.6 Å². The lowest BCUT2D eigenvalue weighted by atomic mass is 10.2. The Bertz CT molecular complexity index is 235. The van der Waals surface area contributed by atoms with E-state index in [0.717, 1.165) is 19.2 Å². The van der Waals surface area contributed by atoms with Crippen LogP contribution < -0.4 is 11.5 Å². The maximum Gasteiger partial charge on any atom is 0.430 e. The van der Waals surface area contributed by atoms with Crippen molar-refractivity contribution in [3.8, 4) is 0 Å². The first-order chi connectivity index (χ1) is 7.40. The van der Waals surface area contributed by atoms with Crippen LogP contribution in [-0.4, -0.2) is 36.1 Å². The lowest BCUT2D eigenvalue weighted by Crippen LogP contribution is -2.34. The number of hydrazone groups is 1. The summed E-state index contributed by atoms with van der Waals surface area (Å²) in [6.45, 7) is 6.45. The Morgan fingerprint density at radius 1 is 1.44 bits per heavy atom. The van der Waals surface area contributed by atoms with Crippen molar-refractivity contribution in [2.45, 2.75) is 39.2 Å². The summed E-state index contributed by atoms with van der Waals surface area (Å²) in [5, 5.41) is 4.96. The van der Waals surface area contributed by atoms with E-state index in [1.165, 1.54) is 5.01 Å². The predicted octanol–water partition coefficient (Wildman–Crippen LogP) is 0.864. The normalized spacial score (nSPS) is 11.8. The highest BCUT2D eigenvalue weighted by Crippen LogP contribution is 2.10. The Labute approximate surface area is 96.6 Å². The van der Waals surface area contributed by atoms with Gasteiger partial charge in [0, 0.05) is 6.54 Å². The summed E-state index contributed by atoms with van der Waals surface area (Å²) in [5.74, 6) is 0. The minimum absolute atomic E-state index is 0.458. The summed E-state index contributed by atoms with van der Waals surface area (Å²) < 4.78 is 5.17. The van der Waals surface area contributed by atoms with Gasteiger partial charge in [0.15, 0.2) is 0 Å². The third kappa shape index (κ3) is 7.05. The third-order valence-electron chi connectivity index (χ3n) is 1.63. The largest absolute Gasteiger partial charge is 0.442 e. The lowest BCUT2D eigenvalue weighted by molar-refractivity contribution is 0.0253. The van der Waals surface area contributed by atoms with Gasteiger partial charge in [-0.1, -0.05) is 0 Å². The molecule has 0 unspecified atom stereocenters. The number of amides is 1. The van der Waals surface area contributed by atoms with E-state index in [2.05, 4.69) is 5.10 Å². The van der Waals surface area contributed by atoms with Crippen LogP contribution in [0.3, 0.4) is 0 Å². The molecule has 6 heteroatoms. The number of nitrogens with two attached hydrogens (primary N) is 2. The van der Waals surface area contributed by atoms with E-state index in [-0.39, 0.29) is 0 Å². The number of hydrogen-bond acceptors (Lipinski definition) is 4. The molecular formula is C10H22N4O2. The molecule has 0 spiro atoms. The standard InChI is InChI=1S/C10H22N4O2/c1-10(2,3)16-9(15)14(13-8-12)7-5-4-6-11/h8H,4-7,11H2,1-3H3,(H2,12,13). The zero-order valence-electron chi connectivity index (χ0n) is 10.3. The zero-order chi connectivity index (χ0) is 12.6. The molecule has 0 fully saturated rings. The van der Waals surface area contributed by atoms with Crippen molar-refractivity contribution < 1.29 is 9.53 Å². The predicted molar refractivity (Wildman–Crippen MR) is 63.9 cm³/mol. The van der Waals surface area contributed by atoms with E-state index in [9.17, 15) is 4.79 Å². The molecule has 0 atom stereocenters. The molecule has 1 amide bonds. The number of ether oxygens (including phenoxy) is 1. The van der Waals surface area contributed by atoms with Crippen molar-refractivity contribution in [3.05, 3.63) is 0 Å². The summed E-state index contributed by atoms with van der Waals surface area (Å²) in [7, 11) is 0. The second-order valence-corrected chi connectivity index (χ2v) is 4.36. The molecule has 16 heavy (non-hydrogen) atoms. The average Bonchev–Trinajstić information content (AvgIpc) is 2.14. The van der Waals surface area contributed by atoms with Crippen molar-refractivity contribution in [2.75, 3.05) is 13.1 Å². The van der Waals surface area contributed by atoms with Crippen molar-refractivity contribution in [2.24, 2.45) is 16.6 Å². The minimum Gasteiger partial charge on any atom is -0.442 e. The van der Waals surface area contributed by atoms with Gasteiger partial charge in [0.1, 0.15) is 11.9 Å². The minimum atomic E-state index is -0.534. The molecular weight excluding hydrogens is 208 g/mol. The second-order valence-electron chi connectivity index (χ2n) is 4.36. The molecule has 0 radical (unpaired) electrons. The number of carbonyl (C=O) groups excluding carboxylic acids is 1. The van der Waals surface area contributed by atoms with Crippen LogP contribution in [0.2, 0.25) is 0 Å². The molecule has 4 N–H and O–H groups in total. The van der Waals surface area contributed by atoms with E-state index in [0.29, 0.717) is 13.1 Å². The SMILES string of the molecule is CC(C)(C)OC(=O)N(CCCCN)N=CN. The van der Waals surface area contributed by atoms with Gasteiger partial charge < -0.3 is 16.2 Å². The molecule has 0 aromatic heterocycles. The molecule has 0 saturated carbocycles. The van der Waals surface area contributed by atoms with Crippen LogP contribution in [0, 0.1) is 0 Å². The summed E-state index contributed by atoms with van der Waals surface area (Å²) in [6.07, 6.45) is 2.19. The van der Waals surface area contributed by atoms with Crippen molar-refractivity contribution in [1.29, 1.82) is 0 Å². The molecule has 94 valence electrons. The fourth-order valence-electron chi connectivity index (χ4n) is 0.997. The van der Waals surface area contributed by atoms with Crippen molar-refractivity contribution in [3.63, 3.8) is 0 Å². The Morgan fingerprint density at radius 2 is 2.06 bits per heavy atom. The van der Waals surface area contributed by atoms with Crippen LogP contribution in [0.4, 0.5) is 4.79 Å². The van der Waals surface area contributed by atoms with Gasteiger partial charge in [-0.15, -0.1) is 0 Å². The van der Waals surface area contributed by atoms with Gasteiger partial charge in [-0.05, 0) is 40.2 Å². The Kier molecular flexibility index (Phi) is 6.48. The highest BCUT2D eigenvalue weighted by Gasteiger charge is 2.21. The molecule has 6 nitrogen and oxygen atoms in total. The highest BCUT2D eigenvalue weighted by molar-refractivity contribution is 5.69. The molecule has 0 bridgehead atoms. The first kappa shape index (κ1) is 14.7. The quantitative estimate of drug-likeness (QED) is 0.317. The number of hydrogen-bond donors (Lipinski definition) is 2. The highest BCUT2D eigenvalue weighted by atomic mass is 16.6. The fourth-order valence-corrected chi connectivity index (χ4v) is 0.997. The summed E-state index contributed by atoms with van der Waals surface area (Å²) in [4.78, 5) is 11.6. The molecule has 0 aliphatic rings. The molecule has 0 aliphatic heterocycles. The Hall–Kier alpha value is -1.30. The summed E-state index contributed by atoms with van der Waals surface area (Å²) >= 11 is 0. The maximum atomic E-state index is 11.6. The van der Waals surface area contributed by atoms with Crippen LogP contribution in [-0.2, 0) is 4.74 Å². The number of unbranched alkanes of at least 4 members (excludes halogenated alkanes) is 1. The molecule has 0 rings (SSSR count). The summed E-state index contributed by atoms with van der Waals surface area (Å²) in [6, 6.07) is 0. The van der Waals surface area contributed by atoms with Gasteiger partial charge in [0.25, 0.3) is 0 Å². The molecule has 0 aromatic rings. The van der Waals surface area contributed by atoms with E-state index in [1.54, 1.807) is 20.8 Å². The molecule has 0 aliphatic carbocycles. The van der Waals surface area contributed by atoms with Crippen molar-refractivity contribution >= 4 is 12.4 Å². The average molecular weight is 230 g/mol. The van der Waals surface area contributed by atoms with Crippen molar-refractivity contribution in [1.82, 2.24) is 5.01 Å².